The van der Waals surface area contributed by atoms with Crippen molar-refractivity contribution >= 4 is 0 Å². The summed E-state index contributed by atoms with van der Waals surface area (Å²) >= 11 is 0. The van der Waals surface area contributed by atoms with Crippen molar-refractivity contribution < 1.29 is 19.5 Å². The van der Waals surface area contributed by atoms with Gasteiger partial charge in [0.1, 0.15) is 0 Å². The fourth-order valence-corrected chi connectivity index (χ4v) is 0. The first-order chi connectivity index (χ1) is 8.00. The second-order valence-electron chi connectivity index (χ2n) is 0. The van der Waals surface area contributed by atoms with Crippen molar-refractivity contribution in [3.8, 4) is 0 Å². The molecule has 0 aromatic carbocycles. The van der Waals surface area contributed by atoms with Gasteiger partial charge in [-0.1, -0.05) is 0 Å². The summed E-state index contributed by atoms with van der Waals surface area (Å²) in [7, 11) is 0. The van der Waals surface area contributed by atoms with Gasteiger partial charge in [-0.05, 0) is 0 Å². The van der Waals surface area contributed by atoms with Crippen molar-refractivity contribution in [2.24, 2.45) is 0 Å². The molecule has 0 spiro atoms. The molecule has 0 saturated heterocycles. The molecular weight excluding hydrogens is 258 g/mol. The summed E-state index contributed by atoms with van der Waals surface area (Å²) in [5, 5.41) is 0. The molecule has 0 N–H and O–H groups in total. The molecule has 0 heterocycles. The quantitative estimate of drug-likeness (QED) is 0.344. The van der Waals surface area contributed by atoms with Crippen molar-refractivity contribution in [2.45, 2.75) is 55.4 Å². The van der Waals surface area contributed by atoms with Gasteiger partial charge in [-0.25, -0.2) is 0 Å². The molecule has 0 fully saturated rings. The van der Waals surface area contributed by atoms with Gasteiger partial charge in [0.05, 0.1) is 0 Å². The third-order valence-corrected chi connectivity index (χ3v) is 0. The van der Waals surface area contributed by atoms with Crippen LogP contribution in [0.4, 0.5) is 0 Å². The van der Waals surface area contributed by atoms with Gasteiger partial charge in [0.2, 0.25) is 0 Å². The van der Waals surface area contributed by atoms with Gasteiger partial charge in [-0.2, -0.15) is 55.4 Å². The Morgan fingerprint density at radius 3 is 0.235 bits per heavy atom. The van der Waals surface area contributed by atoms with Crippen LogP contribution >= 0.6 is 0 Å². The Labute approximate surface area is 130 Å². The Kier molecular flexibility index (Phi) is 40200. The molecule has 0 aliphatic heterocycles. The van der Waals surface area contributed by atoms with Gasteiger partial charge in [-0.3, -0.25) is 0 Å². The van der Waals surface area contributed by atoms with E-state index in [0.29, 0.717) is 0 Å². The third-order valence-electron chi connectivity index (χ3n) is 0. The van der Waals surface area contributed by atoms with Crippen LogP contribution < -0.4 is 0 Å². The number of hydrogen-bond acceptors (Lipinski definition) is 0. The molecule has 0 aromatic heterocycles. The molecule has 0 aromatic rings. The fourth-order valence-electron chi connectivity index (χ4n) is 0. The normalized spacial score (nSPS) is 2.82. The number of hydrogen-bond donors (Lipinski definition) is 0. The Bertz CT molecular complexity index is 5.49. The molecule has 0 atom stereocenters. The van der Waals surface area contributed by atoms with E-state index < -0.39 is 0 Å². The standard InChI is InChI=1S/8C2H5.Zn/c8*1-2;/h8*1H2,2H3;/q8*-1;+2. The Morgan fingerprint density at radius 2 is 0.235 bits per heavy atom. The van der Waals surface area contributed by atoms with Crippen LogP contribution in [0.1, 0.15) is 55.4 Å². The first-order valence-corrected chi connectivity index (χ1v) is 5.66. The molecule has 112 valence electrons. The van der Waals surface area contributed by atoms with Crippen LogP contribution in [-0.4, -0.2) is 0 Å². The van der Waals surface area contributed by atoms with Crippen LogP contribution in [-0.2, 0) is 19.5 Å². The van der Waals surface area contributed by atoms with Crippen molar-refractivity contribution in [1.29, 1.82) is 0 Å². The van der Waals surface area contributed by atoms with Gasteiger partial charge in [0.15, 0.2) is 0 Å². The molecule has 0 nitrogen and oxygen atoms in total. The molecule has 1 heteroatoms. The third kappa shape index (κ3) is 9150. The molecule has 0 aliphatic carbocycles. The minimum absolute atomic E-state index is 0. The summed E-state index contributed by atoms with van der Waals surface area (Å²) in [5.41, 5.74) is 0. The average molecular weight is 298 g/mol. The molecule has 0 radical (unpaired) electrons. The average Bonchev–Trinajstić information content (AvgIpc) is 2.54. The van der Waals surface area contributed by atoms with Gasteiger partial charge in [0, 0.05) is 0 Å². The SMILES string of the molecule is [CH2-]C.[CH2-]C.[CH2-]C.[CH2-]C.[CH2-]C.[CH2-]C.[CH2-]C.[CH2-]C.[Zn+2]. The topological polar surface area (TPSA) is 0 Å². The molecule has 0 aliphatic rings. The van der Waals surface area contributed by atoms with E-state index in [1.807, 2.05) is 0 Å². The van der Waals surface area contributed by atoms with Crippen molar-refractivity contribution in [3.63, 3.8) is 0 Å². The van der Waals surface area contributed by atoms with E-state index in [1.165, 1.54) is 0 Å². The van der Waals surface area contributed by atoms with E-state index in [2.05, 4.69) is 55.4 Å². The van der Waals surface area contributed by atoms with Crippen molar-refractivity contribution in [1.82, 2.24) is 0 Å². The Hall–Kier alpha value is 0.623. The predicted octanol–water partition coefficient (Wildman–Crippen LogP) is 6.72. The zero-order valence-corrected chi connectivity index (χ0v) is 17.3. The first-order valence-electron chi connectivity index (χ1n) is 5.66. The summed E-state index contributed by atoms with van der Waals surface area (Å²) in [6, 6.07) is 0. The van der Waals surface area contributed by atoms with Crippen LogP contribution in [0.5, 0.6) is 0 Å². The summed E-state index contributed by atoms with van der Waals surface area (Å²) in [5.74, 6) is 0. The van der Waals surface area contributed by atoms with E-state index >= 15 is 0 Å². The van der Waals surface area contributed by atoms with Crippen molar-refractivity contribution in [3.05, 3.63) is 55.4 Å². The second kappa shape index (κ2) is 10400. The Morgan fingerprint density at radius 1 is 0.235 bits per heavy atom. The summed E-state index contributed by atoms with van der Waals surface area (Å²) in [6.45, 7) is 40.0. The molecule has 0 unspecified atom stereocenters. The van der Waals surface area contributed by atoms with Crippen LogP contribution in [0, 0.1) is 55.4 Å². The minimum Gasteiger partial charge on any atom is -0.346 e. The summed E-state index contributed by atoms with van der Waals surface area (Å²) < 4.78 is 0. The van der Waals surface area contributed by atoms with Crippen LogP contribution in [0.2, 0.25) is 0 Å². The molecule has 17 heavy (non-hydrogen) atoms. The monoisotopic (exact) mass is 296 g/mol. The number of rotatable bonds is 0. The maximum Gasteiger partial charge on any atom is 2.00 e. The minimum atomic E-state index is 0. The zero-order valence-electron chi connectivity index (χ0n) is 14.4. The van der Waals surface area contributed by atoms with Gasteiger partial charge < -0.3 is 55.4 Å². The van der Waals surface area contributed by atoms with Crippen molar-refractivity contribution in [2.75, 3.05) is 0 Å². The van der Waals surface area contributed by atoms with Crippen LogP contribution in [0.15, 0.2) is 0 Å². The molecule has 0 rings (SSSR count). The molecule has 0 saturated carbocycles. The van der Waals surface area contributed by atoms with Gasteiger partial charge in [-0.15, -0.1) is 0 Å². The van der Waals surface area contributed by atoms with E-state index in [-0.39, 0.29) is 19.5 Å². The zero-order chi connectivity index (χ0) is 16.0. The first kappa shape index (κ1) is 65.5. The van der Waals surface area contributed by atoms with Gasteiger partial charge in [0.25, 0.3) is 0 Å². The smallest absolute Gasteiger partial charge is 0.346 e. The summed E-state index contributed by atoms with van der Waals surface area (Å²) in [6.07, 6.45) is 0. The molecule has 0 amide bonds. The maximum atomic E-state index is 3.25. The largest absolute Gasteiger partial charge is 2.00 e. The fraction of sp³-hybridized carbons (Fsp3) is 0.500. The van der Waals surface area contributed by atoms with E-state index in [1.54, 1.807) is 55.4 Å². The maximum absolute atomic E-state index is 3.25. The van der Waals surface area contributed by atoms with E-state index in [4.69, 9.17) is 0 Å². The summed E-state index contributed by atoms with van der Waals surface area (Å²) in [4.78, 5) is 0. The van der Waals surface area contributed by atoms with Crippen LogP contribution in [0.25, 0.3) is 0 Å². The van der Waals surface area contributed by atoms with E-state index in [0.717, 1.165) is 0 Å². The second-order valence-corrected chi connectivity index (χ2v) is 0. The van der Waals surface area contributed by atoms with Crippen LogP contribution in [0.3, 0.4) is 0 Å². The molecule has 0 bridgehead atoms. The van der Waals surface area contributed by atoms with Gasteiger partial charge >= 0.3 is 19.5 Å². The predicted molar refractivity (Wildman–Crippen MR) is 88.2 cm³/mol. The van der Waals surface area contributed by atoms with E-state index in [9.17, 15) is 0 Å². The Balaban J connectivity index is -0.00000000610. The molecular formula is C16H40Zn-6.